The normalized spacial score (nSPS) is 14.4. The van der Waals surface area contributed by atoms with Crippen LogP contribution in [0.2, 0.25) is 0 Å². The van der Waals surface area contributed by atoms with Gasteiger partial charge in [-0.3, -0.25) is 29.4 Å². The molecule has 0 saturated heterocycles. The lowest BCUT2D eigenvalue weighted by Gasteiger charge is -2.28. The minimum atomic E-state index is -0.876. The van der Waals surface area contributed by atoms with Crippen molar-refractivity contribution in [2.45, 2.75) is 13.0 Å². The summed E-state index contributed by atoms with van der Waals surface area (Å²) in [4.78, 5) is 52.0. The number of ether oxygens (including phenoxy) is 1. The number of methoxy groups -OCH3 is 1. The number of nitrogens with zero attached hydrogens (tertiary/aromatic N) is 2. The fourth-order valence-electron chi connectivity index (χ4n) is 2.93. The number of esters is 1. The second kappa shape index (κ2) is 5.89. The van der Waals surface area contributed by atoms with E-state index in [1.807, 2.05) is 0 Å². The van der Waals surface area contributed by atoms with E-state index in [1.165, 1.54) is 13.2 Å². The van der Waals surface area contributed by atoms with Crippen LogP contribution in [0.3, 0.4) is 0 Å². The Bertz CT molecular complexity index is 960. The van der Waals surface area contributed by atoms with Crippen LogP contribution in [-0.2, 0) is 22.5 Å². The Balaban J connectivity index is 2.19. The van der Waals surface area contributed by atoms with E-state index in [1.54, 1.807) is 4.90 Å². The van der Waals surface area contributed by atoms with Crippen molar-refractivity contribution in [3.05, 3.63) is 48.0 Å². The molecule has 0 saturated carbocycles. The number of fused-ring (bicyclic) bond motifs is 3. The maximum absolute atomic E-state index is 11.6. The molecule has 0 radical (unpaired) electrons. The van der Waals surface area contributed by atoms with Gasteiger partial charge in [0, 0.05) is 30.3 Å². The van der Waals surface area contributed by atoms with E-state index in [2.05, 4.69) is 14.7 Å². The largest absolute Gasteiger partial charge is 0.468 e. The fourth-order valence-corrected chi connectivity index (χ4v) is 2.93. The maximum atomic E-state index is 11.6. The second-order valence-electron chi connectivity index (χ2n) is 5.48. The van der Waals surface area contributed by atoms with Crippen molar-refractivity contribution < 1.29 is 14.5 Å². The standard InChI is InChI=1S/C14H14N4O6/c1-24-11(19)6-17-3-2-7-8(5-17)12-9(4-10(7)18(22)23)15-13(20)14(21)16-12/h4H,2-3,5-6H2,1H3,(H,15,20)(H,16,21). The molecule has 0 atom stereocenters. The van der Waals surface area contributed by atoms with E-state index in [9.17, 15) is 24.5 Å². The molecule has 3 rings (SSSR count). The third-order valence-electron chi connectivity index (χ3n) is 4.06. The lowest BCUT2D eigenvalue weighted by molar-refractivity contribution is -0.385. The highest BCUT2D eigenvalue weighted by Gasteiger charge is 2.28. The Labute approximate surface area is 134 Å². The molecule has 0 amide bonds. The summed E-state index contributed by atoms with van der Waals surface area (Å²) in [7, 11) is 1.28. The zero-order chi connectivity index (χ0) is 17.4. The average molecular weight is 334 g/mol. The number of carbonyl (C=O) groups is 1. The first kappa shape index (κ1) is 15.9. The molecule has 1 aliphatic heterocycles. The molecular weight excluding hydrogens is 320 g/mol. The van der Waals surface area contributed by atoms with Gasteiger partial charge in [0.25, 0.3) is 5.69 Å². The molecule has 1 aromatic heterocycles. The Morgan fingerprint density at radius 3 is 2.71 bits per heavy atom. The molecule has 10 nitrogen and oxygen atoms in total. The van der Waals surface area contributed by atoms with Gasteiger partial charge in [-0.05, 0) is 6.42 Å². The molecular formula is C14H14N4O6. The van der Waals surface area contributed by atoms with Crippen LogP contribution in [0.5, 0.6) is 0 Å². The van der Waals surface area contributed by atoms with Crippen molar-refractivity contribution in [1.82, 2.24) is 14.9 Å². The van der Waals surface area contributed by atoms with Gasteiger partial charge >= 0.3 is 17.1 Å². The molecule has 0 bridgehead atoms. The van der Waals surface area contributed by atoms with Crippen LogP contribution >= 0.6 is 0 Å². The average Bonchev–Trinajstić information content (AvgIpc) is 2.55. The molecule has 10 heteroatoms. The first-order chi connectivity index (χ1) is 11.4. The minimum absolute atomic E-state index is 0.0354. The number of hydrogen-bond donors (Lipinski definition) is 2. The van der Waals surface area contributed by atoms with Crippen molar-refractivity contribution in [3.63, 3.8) is 0 Å². The van der Waals surface area contributed by atoms with Crippen molar-refractivity contribution in [2.75, 3.05) is 20.2 Å². The smallest absolute Gasteiger partial charge is 0.319 e. The van der Waals surface area contributed by atoms with Crippen LogP contribution < -0.4 is 11.1 Å². The van der Waals surface area contributed by atoms with Gasteiger partial charge in [-0.1, -0.05) is 0 Å². The van der Waals surface area contributed by atoms with E-state index in [0.29, 0.717) is 29.6 Å². The molecule has 126 valence electrons. The van der Waals surface area contributed by atoms with Crippen LogP contribution in [0.25, 0.3) is 11.0 Å². The van der Waals surface area contributed by atoms with E-state index in [0.717, 1.165) is 0 Å². The molecule has 1 aromatic carbocycles. The lowest BCUT2D eigenvalue weighted by Crippen LogP contribution is -2.36. The highest BCUT2D eigenvalue weighted by molar-refractivity contribution is 5.83. The van der Waals surface area contributed by atoms with Crippen molar-refractivity contribution >= 4 is 22.7 Å². The van der Waals surface area contributed by atoms with E-state index < -0.39 is 22.0 Å². The Hall–Kier alpha value is -3.01. The van der Waals surface area contributed by atoms with E-state index >= 15 is 0 Å². The Morgan fingerprint density at radius 1 is 1.33 bits per heavy atom. The number of nitro benzene ring substituents is 1. The molecule has 1 aliphatic rings. The molecule has 0 fully saturated rings. The van der Waals surface area contributed by atoms with E-state index in [-0.39, 0.29) is 24.3 Å². The highest BCUT2D eigenvalue weighted by atomic mass is 16.6. The molecule has 0 unspecified atom stereocenters. The van der Waals surface area contributed by atoms with Gasteiger partial charge in [0.05, 0.1) is 29.6 Å². The van der Waals surface area contributed by atoms with Crippen LogP contribution in [0.15, 0.2) is 15.7 Å². The van der Waals surface area contributed by atoms with Gasteiger partial charge in [-0.25, -0.2) is 0 Å². The van der Waals surface area contributed by atoms with E-state index in [4.69, 9.17) is 0 Å². The first-order valence-corrected chi connectivity index (χ1v) is 7.15. The zero-order valence-corrected chi connectivity index (χ0v) is 12.7. The van der Waals surface area contributed by atoms with Crippen molar-refractivity contribution in [2.24, 2.45) is 0 Å². The number of aromatic nitrogens is 2. The van der Waals surface area contributed by atoms with Crippen molar-refractivity contribution in [1.29, 1.82) is 0 Å². The number of benzene rings is 1. The molecule has 0 spiro atoms. The predicted molar refractivity (Wildman–Crippen MR) is 82.8 cm³/mol. The Kier molecular flexibility index (Phi) is 3.89. The summed E-state index contributed by atoms with van der Waals surface area (Å²) in [6, 6.07) is 1.25. The number of nitrogens with one attached hydrogen (secondary N) is 2. The van der Waals surface area contributed by atoms with Crippen molar-refractivity contribution in [3.8, 4) is 0 Å². The van der Waals surface area contributed by atoms with Crippen LogP contribution in [0.1, 0.15) is 11.1 Å². The van der Waals surface area contributed by atoms with Crippen LogP contribution in [0, 0.1) is 10.1 Å². The SMILES string of the molecule is COC(=O)CN1CCc2c([N+](=O)[O-])cc3[nH]c(=O)c(=O)[nH]c3c2C1. The number of nitro groups is 1. The summed E-state index contributed by atoms with van der Waals surface area (Å²) in [5, 5.41) is 11.3. The van der Waals surface area contributed by atoms with Gasteiger partial charge in [-0.15, -0.1) is 0 Å². The van der Waals surface area contributed by atoms with Gasteiger partial charge in [-0.2, -0.15) is 0 Å². The minimum Gasteiger partial charge on any atom is -0.468 e. The summed E-state index contributed by atoms with van der Waals surface area (Å²) in [5.41, 5.74) is -0.265. The van der Waals surface area contributed by atoms with Crippen LogP contribution in [0.4, 0.5) is 5.69 Å². The second-order valence-corrected chi connectivity index (χ2v) is 5.48. The molecule has 2 aromatic rings. The third-order valence-corrected chi connectivity index (χ3v) is 4.06. The third kappa shape index (κ3) is 2.67. The maximum Gasteiger partial charge on any atom is 0.319 e. The lowest BCUT2D eigenvalue weighted by atomic mass is 9.96. The van der Waals surface area contributed by atoms with Crippen LogP contribution in [-0.4, -0.2) is 46.0 Å². The number of hydrogen-bond acceptors (Lipinski definition) is 7. The van der Waals surface area contributed by atoms with Gasteiger partial charge in [0.15, 0.2) is 0 Å². The topological polar surface area (TPSA) is 138 Å². The molecule has 0 aliphatic carbocycles. The van der Waals surface area contributed by atoms with Gasteiger partial charge in [0.1, 0.15) is 0 Å². The summed E-state index contributed by atoms with van der Waals surface area (Å²) >= 11 is 0. The predicted octanol–water partition coefficient (Wildman–Crippen LogP) is -0.344. The number of rotatable bonds is 3. The summed E-state index contributed by atoms with van der Waals surface area (Å²) in [6.45, 7) is 0.709. The molecule has 2 N–H and O–H groups in total. The number of aromatic amines is 2. The van der Waals surface area contributed by atoms with Gasteiger partial charge in [0.2, 0.25) is 0 Å². The summed E-state index contributed by atoms with van der Waals surface area (Å²) in [6.07, 6.45) is 0.347. The summed E-state index contributed by atoms with van der Waals surface area (Å²) < 4.78 is 4.63. The molecule has 2 heterocycles. The number of H-pyrrole nitrogens is 2. The quantitative estimate of drug-likeness (QED) is 0.339. The number of carbonyl (C=O) groups excluding carboxylic acids is 1. The zero-order valence-electron chi connectivity index (χ0n) is 12.7. The summed E-state index contributed by atoms with van der Waals surface area (Å²) in [5.74, 6) is -0.421. The fraction of sp³-hybridized carbons (Fsp3) is 0.357. The monoisotopic (exact) mass is 334 g/mol. The van der Waals surface area contributed by atoms with Gasteiger partial charge < -0.3 is 14.7 Å². The highest BCUT2D eigenvalue weighted by Crippen LogP contribution is 2.32. The first-order valence-electron chi connectivity index (χ1n) is 7.15. The Morgan fingerprint density at radius 2 is 2.04 bits per heavy atom. The molecule has 24 heavy (non-hydrogen) atoms.